The quantitative estimate of drug-likeness (QED) is 0.209. The number of hydrogen-bond donors (Lipinski definition) is 2. The van der Waals surface area contributed by atoms with E-state index in [1.54, 1.807) is 6.08 Å². The van der Waals surface area contributed by atoms with Gasteiger partial charge in [-0.3, -0.25) is 10.8 Å². The van der Waals surface area contributed by atoms with Gasteiger partial charge in [-0.2, -0.15) is 0 Å². The van der Waals surface area contributed by atoms with E-state index in [1.165, 1.54) is 0 Å². The van der Waals surface area contributed by atoms with E-state index in [9.17, 15) is 0 Å². The molecule has 6 nitrogen and oxygen atoms in total. The van der Waals surface area contributed by atoms with Crippen LogP contribution >= 0.6 is 0 Å². The van der Waals surface area contributed by atoms with Gasteiger partial charge in [0.2, 0.25) is 0 Å². The average molecular weight is 604 g/mol. The number of nitrogens with one attached hydrogen (secondary N) is 2. The van der Waals surface area contributed by atoms with Gasteiger partial charge in [0.25, 0.3) is 0 Å². The second-order valence-electron chi connectivity index (χ2n) is 11.6. The highest BCUT2D eigenvalue weighted by molar-refractivity contribution is 6.53. The van der Waals surface area contributed by atoms with E-state index < -0.39 is 0 Å². The molecule has 6 heteroatoms. The van der Waals surface area contributed by atoms with Gasteiger partial charge >= 0.3 is 0 Å². The first-order valence-corrected chi connectivity index (χ1v) is 15.4. The lowest BCUT2D eigenvalue weighted by molar-refractivity contribution is 0.669. The van der Waals surface area contributed by atoms with Crippen LogP contribution in [0.2, 0.25) is 0 Å². The fraction of sp³-hybridized carbons (Fsp3) is 0. The summed E-state index contributed by atoms with van der Waals surface area (Å²) in [6.07, 6.45) is 3.60. The van der Waals surface area contributed by atoms with Crippen molar-refractivity contribution in [1.29, 1.82) is 10.8 Å². The molecule has 0 spiro atoms. The lowest BCUT2D eigenvalue weighted by atomic mass is 9.88. The second-order valence-corrected chi connectivity index (χ2v) is 11.6. The Morgan fingerprint density at radius 1 is 0.489 bits per heavy atom. The first kappa shape index (κ1) is 26.8. The minimum atomic E-state index is 0.227. The molecule has 0 saturated carbocycles. The molecule has 0 fully saturated rings. The molecule has 1 aliphatic carbocycles. The van der Waals surface area contributed by atoms with E-state index >= 15 is 0 Å². The predicted molar refractivity (Wildman–Crippen MR) is 190 cm³/mol. The van der Waals surface area contributed by atoms with Gasteiger partial charge in [0, 0.05) is 33.0 Å². The van der Waals surface area contributed by atoms with Crippen LogP contribution in [0.1, 0.15) is 11.1 Å². The van der Waals surface area contributed by atoms with E-state index in [0.717, 1.165) is 71.7 Å². The third-order valence-electron chi connectivity index (χ3n) is 8.77. The average Bonchev–Trinajstić information content (AvgIpc) is 3.52. The molecule has 47 heavy (non-hydrogen) atoms. The van der Waals surface area contributed by atoms with Crippen LogP contribution in [-0.2, 0) is 0 Å². The Kier molecular flexibility index (Phi) is 6.01. The Balaban J connectivity index is 1.20. The van der Waals surface area contributed by atoms with Crippen LogP contribution in [0.5, 0.6) is 0 Å². The molecule has 0 atom stereocenters. The van der Waals surface area contributed by atoms with Crippen LogP contribution in [0.4, 0.5) is 0 Å². The van der Waals surface area contributed by atoms with Crippen molar-refractivity contribution in [3.8, 4) is 45.3 Å². The maximum absolute atomic E-state index is 8.53. The van der Waals surface area contributed by atoms with Crippen molar-refractivity contribution in [2.45, 2.75) is 0 Å². The number of benzene rings is 6. The third-order valence-corrected chi connectivity index (χ3v) is 8.77. The largest absolute Gasteiger partial charge is 0.456 e. The minimum absolute atomic E-state index is 0.227. The SMILES string of the molecule is N=C1C=Cc2ccc3cc(-c4cccc(-c5nc(-c6ccccc6)nc(-c6cccc7oc8ccccc8c67)n5)c4)ccc3c2C1=N. The number of para-hydroxylation sites is 1. The number of allylic oxidation sites excluding steroid dienone is 1. The van der Waals surface area contributed by atoms with Crippen LogP contribution in [0.25, 0.3) is 84.1 Å². The van der Waals surface area contributed by atoms with Crippen LogP contribution in [0, 0.1) is 10.8 Å². The smallest absolute Gasteiger partial charge is 0.164 e. The van der Waals surface area contributed by atoms with Crippen molar-refractivity contribution >= 4 is 50.2 Å². The molecule has 0 saturated heterocycles. The van der Waals surface area contributed by atoms with Gasteiger partial charge in [-0.1, -0.05) is 109 Å². The molecule has 6 aromatic carbocycles. The molecular weight excluding hydrogens is 578 g/mol. The van der Waals surface area contributed by atoms with Crippen molar-refractivity contribution in [3.63, 3.8) is 0 Å². The standard InChI is InChI=1S/C41H25N5O/c42-33-21-19-24-16-17-28-22-27(18-20-30(28)36(24)38(33)43)26-10-6-11-29(23-26)40-44-39(25-8-2-1-3-9-25)45-41(46-40)32-13-7-15-35-37(32)31-12-4-5-14-34(31)47-35/h1-23,42-43H. The van der Waals surface area contributed by atoms with Crippen molar-refractivity contribution in [3.05, 3.63) is 145 Å². The predicted octanol–water partition coefficient (Wildman–Crippen LogP) is 10.0. The zero-order chi connectivity index (χ0) is 31.5. The van der Waals surface area contributed by atoms with Crippen molar-refractivity contribution in [2.75, 3.05) is 0 Å². The van der Waals surface area contributed by atoms with E-state index in [4.69, 9.17) is 30.2 Å². The van der Waals surface area contributed by atoms with E-state index in [2.05, 4.69) is 42.5 Å². The van der Waals surface area contributed by atoms with Gasteiger partial charge in [0.1, 0.15) is 11.2 Å². The van der Waals surface area contributed by atoms with Gasteiger partial charge < -0.3 is 4.42 Å². The summed E-state index contributed by atoms with van der Waals surface area (Å²) in [5.74, 6) is 1.75. The molecule has 2 aromatic heterocycles. The molecular formula is C41H25N5O. The van der Waals surface area contributed by atoms with E-state index in [0.29, 0.717) is 17.5 Å². The molecule has 2 heterocycles. The van der Waals surface area contributed by atoms with Gasteiger partial charge in [-0.05, 0) is 57.8 Å². The topological polar surface area (TPSA) is 99.5 Å². The highest BCUT2D eigenvalue weighted by Crippen LogP contribution is 2.37. The van der Waals surface area contributed by atoms with Crippen LogP contribution in [-0.4, -0.2) is 26.4 Å². The van der Waals surface area contributed by atoms with Crippen LogP contribution < -0.4 is 0 Å². The van der Waals surface area contributed by atoms with Crippen LogP contribution in [0.15, 0.2) is 138 Å². The summed E-state index contributed by atoms with van der Waals surface area (Å²) >= 11 is 0. The molecule has 8 aromatic rings. The van der Waals surface area contributed by atoms with Crippen molar-refractivity contribution in [2.24, 2.45) is 0 Å². The molecule has 9 rings (SSSR count). The Labute approximate surface area is 269 Å². The number of aromatic nitrogens is 3. The third kappa shape index (κ3) is 4.46. The lowest BCUT2D eigenvalue weighted by Crippen LogP contribution is -2.16. The highest BCUT2D eigenvalue weighted by atomic mass is 16.3. The fourth-order valence-electron chi connectivity index (χ4n) is 6.48. The summed E-state index contributed by atoms with van der Waals surface area (Å²) in [4.78, 5) is 15.0. The molecule has 1 aliphatic rings. The normalized spacial score (nSPS) is 12.7. The maximum Gasteiger partial charge on any atom is 0.164 e. The van der Waals surface area contributed by atoms with Gasteiger partial charge in [-0.15, -0.1) is 0 Å². The monoisotopic (exact) mass is 603 g/mol. The molecule has 0 amide bonds. The number of rotatable bonds is 4. The molecule has 0 aliphatic heterocycles. The summed E-state index contributed by atoms with van der Waals surface area (Å²) < 4.78 is 6.18. The number of hydrogen-bond acceptors (Lipinski definition) is 6. The Morgan fingerprint density at radius 3 is 2.09 bits per heavy atom. The fourth-order valence-corrected chi connectivity index (χ4v) is 6.48. The molecule has 0 radical (unpaired) electrons. The summed E-state index contributed by atoms with van der Waals surface area (Å²) in [6, 6.07) is 42.7. The first-order valence-electron chi connectivity index (χ1n) is 15.4. The lowest BCUT2D eigenvalue weighted by Gasteiger charge is -2.16. The van der Waals surface area contributed by atoms with Crippen molar-refractivity contribution in [1.82, 2.24) is 15.0 Å². The van der Waals surface area contributed by atoms with Crippen LogP contribution in [0.3, 0.4) is 0 Å². The van der Waals surface area contributed by atoms with E-state index in [1.807, 2.05) is 91.0 Å². The molecule has 0 unspecified atom stereocenters. The maximum atomic E-state index is 8.53. The van der Waals surface area contributed by atoms with Gasteiger partial charge in [0.05, 0.1) is 11.4 Å². The van der Waals surface area contributed by atoms with Gasteiger partial charge in [-0.25, -0.2) is 15.0 Å². The molecule has 2 N–H and O–H groups in total. The second kappa shape index (κ2) is 10.5. The summed E-state index contributed by atoms with van der Waals surface area (Å²) in [5.41, 5.74) is 8.59. The first-order chi connectivity index (χ1) is 23.1. The van der Waals surface area contributed by atoms with Crippen molar-refractivity contribution < 1.29 is 4.42 Å². The zero-order valence-corrected chi connectivity index (χ0v) is 25.0. The molecule has 0 bridgehead atoms. The summed E-state index contributed by atoms with van der Waals surface area (Å²) in [5, 5.41) is 20.7. The number of furan rings is 1. The number of fused-ring (bicyclic) bond motifs is 6. The highest BCUT2D eigenvalue weighted by Gasteiger charge is 2.19. The Bertz CT molecular complexity index is 2620. The molecule has 220 valence electrons. The number of nitrogens with zero attached hydrogens (tertiary/aromatic N) is 3. The Hall–Kier alpha value is -6.53. The van der Waals surface area contributed by atoms with E-state index in [-0.39, 0.29) is 11.4 Å². The summed E-state index contributed by atoms with van der Waals surface area (Å²) in [6.45, 7) is 0. The van der Waals surface area contributed by atoms with Gasteiger partial charge in [0.15, 0.2) is 17.5 Å². The minimum Gasteiger partial charge on any atom is -0.456 e. The zero-order valence-electron chi connectivity index (χ0n) is 25.0. The Morgan fingerprint density at radius 2 is 1.19 bits per heavy atom. The summed E-state index contributed by atoms with van der Waals surface area (Å²) in [7, 11) is 0.